The maximum atomic E-state index is 8.27. The van der Waals surface area contributed by atoms with Crippen molar-refractivity contribution < 1.29 is 45.9 Å². The van der Waals surface area contributed by atoms with E-state index in [1.807, 2.05) is 18.9 Å². The molecule has 0 atom stereocenters. The van der Waals surface area contributed by atoms with E-state index < -0.39 is 0 Å². The van der Waals surface area contributed by atoms with E-state index in [1.54, 1.807) is 12.1 Å². The Labute approximate surface area is 108 Å². The molecule has 1 aromatic carbocycles. The molecule has 0 spiro atoms. The first kappa shape index (κ1) is 16.1. The average Bonchev–Trinajstić information content (AvgIpc) is 2.21. The number of carbonyl (C=O) groups is 1. The van der Waals surface area contributed by atoms with Gasteiger partial charge in [0.2, 0.25) is 0 Å². The second kappa shape index (κ2) is 9.21. The maximum Gasteiger partial charge on any atom is 1.00 e. The van der Waals surface area contributed by atoms with Crippen molar-refractivity contribution in [3.8, 4) is 5.75 Å². The van der Waals surface area contributed by atoms with E-state index in [0.29, 0.717) is 11.7 Å². The minimum Gasteiger partial charge on any atom is -1.00 e. The van der Waals surface area contributed by atoms with Gasteiger partial charge in [0.25, 0.3) is 0 Å². The standard InChI is InChI=1S/C9H12O2.CH2O.Na.H/c1-7(2)8-3-5-9(11-10)6-4-8;1-2;;/h3-7,10H,1-2H3;1H2;;/q;;+1;-1. The Morgan fingerprint density at radius 3 is 2.00 bits per heavy atom. The Hall–Kier alpha value is -0.350. The minimum atomic E-state index is 0. The van der Waals surface area contributed by atoms with E-state index in [0.717, 1.165) is 0 Å². The van der Waals surface area contributed by atoms with Gasteiger partial charge in [-0.1, -0.05) is 26.0 Å². The van der Waals surface area contributed by atoms with Gasteiger partial charge in [0.1, 0.15) is 6.79 Å². The first-order chi connectivity index (χ1) is 6.24. The minimum absolute atomic E-state index is 0. The molecule has 0 aliphatic carbocycles. The van der Waals surface area contributed by atoms with Crippen LogP contribution in [0.1, 0.15) is 26.8 Å². The quantitative estimate of drug-likeness (QED) is 0.406. The van der Waals surface area contributed by atoms with Crippen molar-refractivity contribution in [1.29, 1.82) is 0 Å². The van der Waals surface area contributed by atoms with E-state index in [9.17, 15) is 0 Å². The second-order valence-electron chi connectivity index (χ2n) is 2.82. The van der Waals surface area contributed by atoms with Crippen LogP contribution in [0.15, 0.2) is 24.3 Å². The molecule has 1 rings (SSSR count). The Kier molecular flexibility index (Phi) is 10.6. The summed E-state index contributed by atoms with van der Waals surface area (Å²) < 4.78 is 0. The van der Waals surface area contributed by atoms with E-state index in [-0.39, 0.29) is 31.0 Å². The molecule has 0 unspecified atom stereocenters. The van der Waals surface area contributed by atoms with Gasteiger partial charge in [-0.3, -0.25) is 0 Å². The molecule has 0 heterocycles. The summed E-state index contributed by atoms with van der Waals surface area (Å²) in [6.45, 7) is 6.24. The number of benzene rings is 1. The van der Waals surface area contributed by atoms with Crippen LogP contribution in [0.5, 0.6) is 5.75 Å². The third-order valence-corrected chi connectivity index (χ3v) is 1.65. The van der Waals surface area contributed by atoms with Crippen LogP contribution in [-0.2, 0) is 4.79 Å². The van der Waals surface area contributed by atoms with Gasteiger partial charge in [-0.15, -0.1) is 0 Å². The molecule has 1 aromatic rings. The van der Waals surface area contributed by atoms with Crippen LogP contribution >= 0.6 is 0 Å². The summed E-state index contributed by atoms with van der Waals surface area (Å²) in [5.41, 5.74) is 1.24. The third kappa shape index (κ3) is 5.40. The van der Waals surface area contributed by atoms with Gasteiger partial charge in [0, 0.05) is 0 Å². The molecule has 0 radical (unpaired) electrons. The molecule has 4 heteroatoms. The fourth-order valence-electron chi connectivity index (χ4n) is 0.914. The summed E-state index contributed by atoms with van der Waals surface area (Å²) in [4.78, 5) is 12.0. The molecular weight excluding hydrogens is 191 g/mol. The number of rotatable bonds is 2. The Balaban J connectivity index is -0.000000339. The van der Waals surface area contributed by atoms with Gasteiger partial charge < -0.3 is 11.1 Å². The van der Waals surface area contributed by atoms with E-state index in [4.69, 9.17) is 10.1 Å². The summed E-state index contributed by atoms with van der Waals surface area (Å²) in [6, 6.07) is 7.37. The molecule has 0 saturated carbocycles. The predicted octanol–water partition coefficient (Wildman–Crippen LogP) is -0.407. The van der Waals surface area contributed by atoms with Crippen LogP contribution in [0.4, 0.5) is 0 Å². The Morgan fingerprint density at radius 1 is 1.29 bits per heavy atom. The molecule has 3 nitrogen and oxygen atoms in total. The van der Waals surface area contributed by atoms with Gasteiger partial charge in [0.05, 0.1) is 0 Å². The first-order valence-corrected chi connectivity index (χ1v) is 3.94. The topological polar surface area (TPSA) is 46.5 Å². The molecule has 0 bridgehead atoms. The smallest absolute Gasteiger partial charge is 1.00 e. The van der Waals surface area contributed by atoms with Crippen molar-refractivity contribution in [2.75, 3.05) is 0 Å². The van der Waals surface area contributed by atoms with E-state index in [2.05, 4.69) is 18.7 Å². The van der Waals surface area contributed by atoms with Crippen LogP contribution < -0.4 is 34.4 Å². The summed E-state index contributed by atoms with van der Waals surface area (Å²) in [5.74, 6) is 0.997. The molecule has 0 aliphatic rings. The SMILES string of the molecule is C=O.CC(C)c1ccc(OO)cc1.[H-].[Na+]. The molecule has 74 valence electrons. The van der Waals surface area contributed by atoms with Crippen molar-refractivity contribution >= 4 is 6.79 Å². The van der Waals surface area contributed by atoms with Crippen LogP contribution in [0, 0.1) is 0 Å². The summed E-state index contributed by atoms with van der Waals surface area (Å²) >= 11 is 0. The molecule has 0 aliphatic heterocycles. The van der Waals surface area contributed by atoms with Crippen molar-refractivity contribution in [2.45, 2.75) is 19.8 Å². The zero-order valence-corrected chi connectivity index (χ0v) is 10.9. The van der Waals surface area contributed by atoms with Gasteiger partial charge in [-0.2, -0.15) is 0 Å². The van der Waals surface area contributed by atoms with E-state index >= 15 is 0 Å². The monoisotopic (exact) mass is 206 g/mol. The molecular formula is C10H15NaO3. The fourth-order valence-corrected chi connectivity index (χ4v) is 0.914. The third-order valence-electron chi connectivity index (χ3n) is 1.65. The van der Waals surface area contributed by atoms with Crippen molar-refractivity contribution in [3.63, 3.8) is 0 Å². The molecule has 1 N–H and O–H groups in total. The molecule has 0 fully saturated rings. The molecule has 0 saturated heterocycles. The molecule has 14 heavy (non-hydrogen) atoms. The predicted molar refractivity (Wildman–Crippen MR) is 52.0 cm³/mol. The summed E-state index contributed by atoms with van der Waals surface area (Å²) in [6.07, 6.45) is 0. The zero-order chi connectivity index (χ0) is 10.3. The first-order valence-electron chi connectivity index (χ1n) is 3.94. The van der Waals surface area contributed by atoms with Gasteiger partial charge in [-0.25, -0.2) is 5.26 Å². The van der Waals surface area contributed by atoms with Crippen molar-refractivity contribution in [1.82, 2.24) is 0 Å². The summed E-state index contributed by atoms with van der Waals surface area (Å²) in [5, 5.41) is 8.27. The van der Waals surface area contributed by atoms with Crippen LogP contribution in [0.25, 0.3) is 0 Å². The Bertz CT molecular complexity index is 239. The summed E-state index contributed by atoms with van der Waals surface area (Å²) in [7, 11) is 0. The number of hydrogen-bond acceptors (Lipinski definition) is 3. The molecule has 0 amide bonds. The normalized spacial score (nSPS) is 8.29. The van der Waals surface area contributed by atoms with Gasteiger partial charge >= 0.3 is 29.6 Å². The zero-order valence-electron chi connectivity index (χ0n) is 9.86. The van der Waals surface area contributed by atoms with Crippen LogP contribution in [0.3, 0.4) is 0 Å². The molecule has 0 aromatic heterocycles. The van der Waals surface area contributed by atoms with Crippen molar-refractivity contribution in [3.05, 3.63) is 29.8 Å². The number of hydrogen-bond donors (Lipinski definition) is 1. The largest absolute Gasteiger partial charge is 1.00 e. The van der Waals surface area contributed by atoms with E-state index in [1.165, 1.54) is 5.56 Å². The van der Waals surface area contributed by atoms with Crippen LogP contribution in [-0.4, -0.2) is 12.0 Å². The second-order valence-corrected chi connectivity index (χ2v) is 2.82. The van der Waals surface area contributed by atoms with Gasteiger partial charge in [-0.05, 0) is 23.6 Å². The number of carbonyl (C=O) groups excluding carboxylic acids is 1. The van der Waals surface area contributed by atoms with Crippen LogP contribution in [0.2, 0.25) is 0 Å². The Morgan fingerprint density at radius 2 is 1.71 bits per heavy atom. The van der Waals surface area contributed by atoms with Crippen molar-refractivity contribution in [2.24, 2.45) is 0 Å². The van der Waals surface area contributed by atoms with Gasteiger partial charge in [0.15, 0.2) is 5.75 Å². The maximum absolute atomic E-state index is 8.27. The average molecular weight is 206 g/mol. The fraction of sp³-hybridized carbons (Fsp3) is 0.300.